The average molecular weight is 443 g/mol. The van der Waals surface area contributed by atoms with Crippen LogP contribution in [0.5, 0.6) is 0 Å². The molecule has 0 N–H and O–H groups in total. The number of benzene rings is 4. The second-order valence-electron chi connectivity index (χ2n) is 9.67. The van der Waals surface area contributed by atoms with Gasteiger partial charge in [-0.25, -0.2) is 0 Å². The van der Waals surface area contributed by atoms with Gasteiger partial charge in [-0.3, -0.25) is 9.78 Å². The van der Waals surface area contributed by atoms with E-state index in [4.69, 9.17) is 0 Å². The standard InChI is InChI=1S/C32H28NO/c1-3-21(2)32(20-22-10-16-30-24(19-22)8-6-18-33-30)29-15-13-26-25-9-5-4-7-23(25)11-12-27(26)28(29)14-17-31(32)34/h4-13,15-16,18-21H,3,14,17H2,1-2H3. The summed E-state index contributed by atoms with van der Waals surface area (Å²) in [5.74, 6) is 0.530. The number of hydrogen-bond acceptors (Lipinski definition) is 2. The molecule has 1 heterocycles. The van der Waals surface area contributed by atoms with Gasteiger partial charge < -0.3 is 0 Å². The highest BCUT2D eigenvalue weighted by atomic mass is 16.1. The number of aryl methyl sites for hydroxylation is 1. The van der Waals surface area contributed by atoms with Crippen LogP contribution in [0.15, 0.2) is 85.1 Å². The molecule has 1 aliphatic carbocycles. The van der Waals surface area contributed by atoms with Crippen molar-refractivity contribution in [1.29, 1.82) is 0 Å². The zero-order chi connectivity index (χ0) is 23.3. The Balaban J connectivity index is 1.58. The molecule has 4 aromatic carbocycles. The third kappa shape index (κ3) is 3.09. The van der Waals surface area contributed by atoms with Gasteiger partial charge in [-0.2, -0.15) is 0 Å². The summed E-state index contributed by atoms with van der Waals surface area (Å²) in [5.41, 5.74) is 3.96. The van der Waals surface area contributed by atoms with E-state index in [1.165, 1.54) is 32.7 Å². The van der Waals surface area contributed by atoms with Crippen molar-refractivity contribution < 1.29 is 4.79 Å². The quantitative estimate of drug-likeness (QED) is 0.268. The van der Waals surface area contributed by atoms with Crippen molar-refractivity contribution in [3.05, 3.63) is 108 Å². The second kappa shape index (κ2) is 8.06. The third-order valence-corrected chi connectivity index (χ3v) is 7.96. The first-order valence-electron chi connectivity index (χ1n) is 12.3. The number of nitrogens with zero attached hydrogens (tertiary/aromatic N) is 1. The normalized spacial score (nSPS) is 18.9. The Morgan fingerprint density at radius 2 is 1.71 bits per heavy atom. The molecule has 0 bridgehead atoms. The van der Waals surface area contributed by atoms with E-state index in [-0.39, 0.29) is 5.92 Å². The van der Waals surface area contributed by atoms with Crippen LogP contribution in [0.3, 0.4) is 0 Å². The SMILES string of the molecule is CCC(C)C1([CH]c2ccc3ncccc3c2)C(=O)CCc2c1ccc1c2ccc2ccccc21. The summed E-state index contributed by atoms with van der Waals surface area (Å²) in [4.78, 5) is 18.3. The van der Waals surface area contributed by atoms with Crippen LogP contribution in [-0.4, -0.2) is 10.8 Å². The molecular formula is C32H28NO. The summed E-state index contributed by atoms with van der Waals surface area (Å²) in [6, 6.07) is 27.9. The van der Waals surface area contributed by atoms with Gasteiger partial charge in [0.1, 0.15) is 5.78 Å². The minimum Gasteiger partial charge on any atom is -0.299 e. The lowest BCUT2D eigenvalue weighted by atomic mass is 9.59. The van der Waals surface area contributed by atoms with E-state index in [9.17, 15) is 4.79 Å². The molecule has 2 atom stereocenters. The lowest BCUT2D eigenvalue weighted by molar-refractivity contribution is -0.125. The van der Waals surface area contributed by atoms with E-state index in [1.54, 1.807) is 0 Å². The van der Waals surface area contributed by atoms with Crippen LogP contribution in [0.2, 0.25) is 0 Å². The number of aromatic nitrogens is 1. The molecule has 2 nitrogen and oxygen atoms in total. The van der Waals surface area contributed by atoms with E-state index in [1.807, 2.05) is 12.3 Å². The van der Waals surface area contributed by atoms with Crippen LogP contribution < -0.4 is 0 Å². The largest absolute Gasteiger partial charge is 0.299 e. The van der Waals surface area contributed by atoms with E-state index in [0.29, 0.717) is 12.2 Å². The maximum Gasteiger partial charge on any atom is 0.144 e. The zero-order valence-corrected chi connectivity index (χ0v) is 19.7. The Bertz CT molecular complexity index is 1570. The molecule has 5 aromatic rings. The highest BCUT2D eigenvalue weighted by Gasteiger charge is 2.47. The van der Waals surface area contributed by atoms with Crippen molar-refractivity contribution in [1.82, 2.24) is 4.98 Å². The van der Waals surface area contributed by atoms with Gasteiger partial charge in [0.2, 0.25) is 0 Å². The first-order valence-corrected chi connectivity index (χ1v) is 12.3. The highest BCUT2D eigenvalue weighted by Crippen LogP contribution is 2.48. The maximum atomic E-state index is 13.9. The molecule has 0 spiro atoms. The predicted octanol–water partition coefficient (Wildman–Crippen LogP) is 7.59. The molecule has 1 radical (unpaired) electrons. The molecule has 0 fully saturated rings. The van der Waals surface area contributed by atoms with Gasteiger partial charge >= 0.3 is 0 Å². The van der Waals surface area contributed by atoms with Crippen LogP contribution in [0, 0.1) is 12.3 Å². The summed E-state index contributed by atoms with van der Waals surface area (Å²) in [6.45, 7) is 4.43. The first kappa shape index (κ1) is 21.0. The van der Waals surface area contributed by atoms with Gasteiger partial charge in [0.25, 0.3) is 0 Å². The molecule has 1 aliphatic rings. The molecule has 1 aromatic heterocycles. The highest BCUT2D eigenvalue weighted by molar-refractivity contribution is 6.10. The molecule has 2 unspecified atom stereocenters. The molecule has 0 aliphatic heterocycles. The zero-order valence-electron chi connectivity index (χ0n) is 19.7. The van der Waals surface area contributed by atoms with Gasteiger partial charge in [0, 0.05) is 24.4 Å². The van der Waals surface area contributed by atoms with E-state index >= 15 is 0 Å². The van der Waals surface area contributed by atoms with E-state index in [0.717, 1.165) is 29.3 Å². The Morgan fingerprint density at radius 3 is 2.59 bits per heavy atom. The van der Waals surface area contributed by atoms with Gasteiger partial charge in [-0.1, -0.05) is 80.9 Å². The molecule has 6 rings (SSSR count). The number of hydrogen-bond donors (Lipinski definition) is 0. The minimum absolute atomic E-state index is 0.196. The molecule has 34 heavy (non-hydrogen) atoms. The van der Waals surface area contributed by atoms with Crippen LogP contribution >= 0.6 is 0 Å². The summed E-state index contributed by atoms with van der Waals surface area (Å²) < 4.78 is 0. The summed E-state index contributed by atoms with van der Waals surface area (Å²) in [5, 5.41) is 6.20. The van der Waals surface area contributed by atoms with Crippen LogP contribution in [0.1, 0.15) is 43.4 Å². The third-order valence-electron chi connectivity index (χ3n) is 7.96. The summed E-state index contributed by atoms with van der Waals surface area (Å²) in [7, 11) is 0. The smallest absolute Gasteiger partial charge is 0.144 e. The number of rotatable bonds is 4. The summed E-state index contributed by atoms with van der Waals surface area (Å²) in [6.07, 6.45) is 6.39. The van der Waals surface area contributed by atoms with Crippen molar-refractivity contribution in [2.24, 2.45) is 5.92 Å². The molecule has 0 amide bonds. The lowest BCUT2D eigenvalue weighted by Gasteiger charge is -2.42. The monoisotopic (exact) mass is 442 g/mol. The fourth-order valence-corrected chi connectivity index (χ4v) is 6.01. The second-order valence-corrected chi connectivity index (χ2v) is 9.67. The van der Waals surface area contributed by atoms with Gasteiger partial charge in [0.15, 0.2) is 0 Å². The number of carbonyl (C=O) groups excluding carboxylic acids is 1. The summed E-state index contributed by atoms with van der Waals surface area (Å²) >= 11 is 0. The molecule has 0 saturated heterocycles. The number of fused-ring (bicyclic) bond motifs is 6. The van der Waals surface area contributed by atoms with Crippen LogP contribution in [0.25, 0.3) is 32.4 Å². The van der Waals surface area contributed by atoms with Gasteiger partial charge in [-0.05, 0) is 68.8 Å². The molecule has 167 valence electrons. The molecule has 0 saturated carbocycles. The molecular weight excluding hydrogens is 414 g/mol. The first-order chi connectivity index (χ1) is 16.6. The van der Waals surface area contributed by atoms with Crippen LogP contribution in [-0.2, 0) is 16.6 Å². The fraction of sp³-hybridized carbons (Fsp3) is 0.219. The number of Topliss-reactive ketones (excluding diaryl/α,β-unsaturated/α-hetero) is 1. The van der Waals surface area contributed by atoms with E-state index < -0.39 is 5.41 Å². The van der Waals surface area contributed by atoms with E-state index in [2.05, 4.69) is 98.0 Å². The van der Waals surface area contributed by atoms with Crippen molar-refractivity contribution in [2.45, 2.75) is 38.5 Å². The van der Waals surface area contributed by atoms with Gasteiger partial charge in [-0.15, -0.1) is 0 Å². The van der Waals surface area contributed by atoms with Gasteiger partial charge in [0.05, 0.1) is 10.9 Å². The average Bonchev–Trinajstić information content (AvgIpc) is 2.89. The number of ketones is 1. The van der Waals surface area contributed by atoms with Crippen molar-refractivity contribution >= 4 is 38.2 Å². The Morgan fingerprint density at radius 1 is 0.882 bits per heavy atom. The Kier molecular flexibility index (Phi) is 4.99. The van der Waals surface area contributed by atoms with Crippen molar-refractivity contribution in [3.63, 3.8) is 0 Å². The topological polar surface area (TPSA) is 30.0 Å². The Labute approximate surface area is 200 Å². The molecule has 2 heteroatoms. The predicted molar refractivity (Wildman–Crippen MR) is 141 cm³/mol. The fourth-order valence-electron chi connectivity index (χ4n) is 6.01. The Hall–Kier alpha value is -3.52. The number of carbonyl (C=O) groups is 1. The maximum absolute atomic E-state index is 13.9. The number of pyridine rings is 1. The minimum atomic E-state index is -0.627. The lowest BCUT2D eigenvalue weighted by Crippen LogP contribution is -2.46. The van der Waals surface area contributed by atoms with Crippen molar-refractivity contribution in [3.8, 4) is 0 Å². The van der Waals surface area contributed by atoms with Crippen LogP contribution in [0.4, 0.5) is 0 Å². The van der Waals surface area contributed by atoms with Crippen molar-refractivity contribution in [2.75, 3.05) is 0 Å².